The Morgan fingerprint density at radius 2 is 1.95 bits per heavy atom. The van der Waals surface area contributed by atoms with Crippen LogP contribution in [0.2, 0.25) is 0 Å². The van der Waals surface area contributed by atoms with Gasteiger partial charge in [0.2, 0.25) is 0 Å². The summed E-state index contributed by atoms with van der Waals surface area (Å²) in [6.07, 6.45) is 1.13. The first-order chi connectivity index (χ1) is 9.52. The molecule has 1 unspecified atom stereocenters. The average molecular weight is 417 g/mol. The molecule has 0 radical (unpaired) electrons. The molecule has 0 saturated carbocycles. The highest BCUT2D eigenvalue weighted by atomic mass is 79.9. The van der Waals surface area contributed by atoms with Crippen molar-refractivity contribution in [3.8, 4) is 0 Å². The molecule has 1 nitrogen and oxygen atoms in total. The van der Waals surface area contributed by atoms with Gasteiger partial charge in [-0.15, -0.1) is 11.3 Å². The highest BCUT2D eigenvalue weighted by molar-refractivity contribution is 9.13. The zero-order valence-corrected chi connectivity index (χ0v) is 16.0. The normalized spacial score (nSPS) is 12.7. The van der Waals surface area contributed by atoms with Gasteiger partial charge in [-0.1, -0.05) is 30.7 Å². The second kappa shape index (κ2) is 7.21. The predicted octanol–water partition coefficient (Wildman–Crippen LogP) is 5.98. The van der Waals surface area contributed by atoms with Crippen molar-refractivity contribution in [1.29, 1.82) is 0 Å². The molecule has 1 aromatic carbocycles. The summed E-state index contributed by atoms with van der Waals surface area (Å²) >= 11 is 8.98. The minimum absolute atomic E-state index is 0.267. The van der Waals surface area contributed by atoms with Crippen molar-refractivity contribution in [3.05, 3.63) is 54.1 Å². The van der Waals surface area contributed by atoms with Gasteiger partial charge in [0.05, 0.1) is 9.83 Å². The first-order valence-corrected chi connectivity index (χ1v) is 9.18. The average Bonchev–Trinajstić information content (AvgIpc) is 2.72. The lowest BCUT2D eigenvalue weighted by atomic mass is 9.98. The maximum absolute atomic E-state index is 3.67. The van der Waals surface area contributed by atoms with Crippen LogP contribution in [0, 0.1) is 13.8 Å². The van der Waals surface area contributed by atoms with Gasteiger partial charge < -0.3 is 5.32 Å². The van der Waals surface area contributed by atoms with Crippen molar-refractivity contribution < 1.29 is 0 Å². The zero-order chi connectivity index (χ0) is 14.7. The maximum Gasteiger partial charge on any atom is 0.0843 e. The summed E-state index contributed by atoms with van der Waals surface area (Å²) in [6.45, 7) is 7.56. The molecule has 20 heavy (non-hydrogen) atoms. The fourth-order valence-corrected chi connectivity index (χ4v) is 4.49. The Balaban J connectivity index is 2.41. The largest absolute Gasteiger partial charge is 0.306 e. The van der Waals surface area contributed by atoms with E-state index in [4.69, 9.17) is 0 Å². The maximum atomic E-state index is 3.67. The molecule has 1 heterocycles. The predicted molar refractivity (Wildman–Crippen MR) is 95.8 cm³/mol. The van der Waals surface area contributed by atoms with E-state index in [0.717, 1.165) is 21.2 Å². The van der Waals surface area contributed by atoms with Gasteiger partial charge in [-0.3, -0.25) is 0 Å². The third-order valence-corrected chi connectivity index (χ3v) is 6.60. The molecule has 4 heteroatoms. The second-order valence-corrected chi connectivity index (χ2v) is 8.27. The molecule has 1 aromatic heterocycles. The molecule has 2 rings (SSSR count). The summed E-state index contributed by atoms with van der Waals surface area (Å²) in [5.41, 5.74) is 4.03. The van der Waals surface area contributed by atoms with E-state index in [-0.39, 0.29) is 6.04 Å². The molecule has 0 aliphatic rings. The van der Waals surface area contributed by atoms with Gasteiger partial charge in [-0.05, 0) is 75.9 Å². The SMILES string of the molecule is CCCNC(c1cc(Br)c(Br)s1)c1ccc(C)cc1C. The third kappa shape index (κ3) is 3.73. The van der Waals surface area contributed by atoms with Crippen LogP contribution in [-0.4, -0.2) is 6.54 Å². The number of aryl methyl sites for hydroxylation is 2. The van der Waals surface area contributed by atoms with Gasteiger partial charge in [-0.25, -0.2) is 0 Å². The first kappa shape index (κ1) is 16.2. The summed E-state index contributed by atoms with van der Waals surface area (Å²) in [6, 6.07) is 9.18. The minimum Gasteiger partial charge on any atom is -0.306 e. The van der Waals surface area contributed by atoms with Crippen LogP contribution >= 0.6 is 43.2 Å². The van der Waals surface area contributed by atoms with E-state index in [1.807, 2.05) is 0 Å². The summed E-state index contributed by atoms with van der Waals surface area (Å²) in [4.78, 5) is 1.34. The van der Waals surface area contributed by atoms with Gasteiger partial charge in [0, 0.05) is 9.35 Å². The zero-order valence-electron chi connectivity index (χ0n) is 12.0. The highest BCUT2D eigenvalue weighted by Crippen LogP contribution is 2.38. The van der Waals surface area contributed by atoms with Crippen LogP contribution in [0.15, 0.2) is 32.5 Å². The van der Waals surface area contributed by atoms with Crippen molar-refractivity contribution in [2.24, 2.45) is 0 Å². The van der Waals surface area contributed by atoms with Crippen LogP contribution in [0.25, 0.3) is 0 Å². The standard InChI is InChI=1S/C16H19Br2NS/c1-4-7-19-15(14-9-13(17)16(18)20-14)12-6-5-10(2)8-11(12)3/h5-6,8-9,15,19H,4,7H2,1-3H3. The Morgan fingerprint density at radius 3 is 2.50 bits per heavy atom. The first-order valence-electron chi connectivity index (χ1n) is 6.78. The Morgan fingerprint density at radius 1 is 1.20 bits per heavy atom. The molecule has 0 aliphatic heterocycles. The summed E-state index contributed by atoms with van der Waals surface area (Å²) in [7, 11) is 0. The molecule has 0 bridgehead atoms. The van der Waals surface area contributed by atoms with E-state index in [1.54, 1.807) is 11.3 Å². The summed E-state index contributed by atoms with van der Waals surface area (Å²) in [5, 5.41) is 3.67. The van der Waals surface area contributed by atoms with Gasteiger partial charge in [0.15, 0.2) is 0 Å². The van der Waals surface area contributed by atoms with E-state index >= 15 is 0 Å². The molecular weight excluding hydrogens is 398 g/mol. The number of rotatable bonds is 5. The third-order valence-electron chi connectivity index (χ3n) is 3.28. The lowest BCUT2D eigenvalue weighted by Crippen LogP contribution is -2.23. The fourth-order valence-electron chi connectivity index (χ4n) is 2.31. The van der Waals surface area contributed by atoms with E-state index < -0.39 is 0 Å². The lowest BCUT2D eigenvalue weighted by Gasteiger charge is -2.20. The Bertz CT molecular complexity index is 573. The van der Waals surface area contributed by atoms with Gasteiger partial charge >= 0.3 is 0 Å². The minimum atomic E-state index is 0.267. The lowest BCUT2D eigenvalue weighted by molar-refractivity contribution is 0.603. The van der Waals surface area contributed by atoms with Crippen LogP contribution < -0.4 is 5.32 Å². The van der Waals surface area contributed by atoms with Crippen LogP contribution in [0.4, 0.5) is 0 Å². The molecule has 2 aromatic rings. The van der Waals surface area contributed by atoms with E-state index in [1.165, 1.54) is 21.6 Å². The van der Waals surface area contributed by atoms with Crippen molar-refractivity contribution in [2.45, 2.75) is 33.2 Å². The van der Waals surface area contributed by atoms with Crippen molar-refractivity contribution in [2.75, 3.05) is 6.54 Å². The molecular formula is C16H19Br2NS. The van der Waals surface area contributed by atoms with Crippen molar-refractivity contribution in [3.63, 3.8) is 0 Å². The Labute approximate surface area is 142 Å². The highest BCUT2D eigenvalue weighted by Gasteiger charge is 2.19. The molecule has 0 amide bonds. The summed E-state index contributed by atoms with van der Waals surface area (Å²) < 4.78 is 2.28. The smallest absolute Gasteiger partial charge is 0.0843 e. The van der Waals surface area contributed by atoms with Crippen LogP contribution in [0.1, 0.15) is 41.0 Å². The molecule has 0 aliphatic carbocycles. The quantitative estimate of drug-likeness (QED) is 0.632. The number of benzene rings is 1. The topological polar surface area (TPSA) is 12.0 Å². The Kier molecular flexibility index (Phi) is 5.84. The summed E-state index contributed by atoms with van der Waals surface area (Å²) in [5.74, 6) is 0. The van der Waals surface area contributed by atoms with Gasteiger partial charge in [0.1, 0.15) is 0 Å². The number of thiophene rings is 1. The molecule has 1 N–H and O–H groups in total. The van der Waals surface area contributed by atoms with E-state index in [2.05, 4.69) is 82.2 Å². The second-order valence-electron chi connectivity index (χ2n) is 5.02. The van der Waals surface area contributed by atoms with Crippen molar-refractivity contribution >= 4 is 43.2 Å². The van der Waals surface area contributed by atoms with Gasteiger partial charge in [-0.2, -0.15) is 0 Å². The molecule has 108 valence electrons. The number of nitrogens with one attached hydrogen (secondary N) is 1. The Hall–Kier alpha value is -0.160. The van der Waals surface area contributed by atoms with Crippen LogP contribution in [0.3, 0.4) is 0 Å². The van der Waals surface area contributed by atoms with Crippen LogP contribution in [-0.2, 0) is 0 Å². The number of hydrogen-bond acceptors (Lipinski definition) is 2. The van der Waals surface area contributed by atoms with E-state index in [9.17, 15) is 0 Å². The van der Waals surface area contributed by atoms with Crippen molar-refractivity contribution in [1.82, 2.24) is 5.32 Å². The number of halogens is 2. The van der Waals surface area contributed by atoms with Gasteiger partial charge in [0.25, 0.3) is 0 Å². The fraction of sp³-hybridized carbons (Fsp3) is 0.375. The molecule has 0 fully saturated rings. The molecule has 1 atom stereocenters. The van der Waals surface area contributed by atoms with E-state index in [0.29, 0.717) is 0 Å². The molecule has 0 spiro atoms. The molecule has 0 saturated heterocycles. The number of hydrogen-bond donors (Lipinski definition) is 1. The van der Waals surface area contributed by atoms with Crippen LogP contribution in [0.5, 0.6) is 0 Å². The monoisotopic (exact) mass is 415 g/mol.